The topological polar surface area (TPSA) is 119 Å². The fourth-order valence-corrected chi connectivity index (χ4v) is 9.92. The first kappa shape index (κ1) is 35.4. The molecule has 0 spiro atoms. The molecular weight excluding hydrogens is 803 g/mol. The van der Waals surface area contributed by atoms with Crippen molar-refractivity contribution in [3.05, 3.63) is 196 Å². The predicted molar refractivity (Wildman–Crippen MR) is 250 cm³/mol. The van der Waals surface area contributed by atoms with Gasteiger partial charge in [0.1, 0.15) is 16.9 Å². The first-order chi connectivity index (χ1) is 31.1. The van der Waals surface area contributed by atoms with Crippen LogP contribution in [0.15, 0.2) is 189 Å². The molecule has 63 heavy (non-hydrogen) atoms. The second-order valence-corrected chi connectivity index (χ2v) is 16.5. The summed E-state index contributed by atoms with van der Waals surface area (Å²) in [6, 6.07) is 53.5. The van der Waals surface area contributed by atoms with Gasteiger partial charge in [-0.1, -0.05) is 103 Å². The number of furan rings is 1. The number of anilines is 1. The molecule has 1 unspecified atom stereocenters. The fraction of sp³-hybridized carbons (Fsp3) is 0.0189. The van der Waals surface area contributed by atoms with Crippen LogP contribution in [-0.4, -0.2) is 19.9 Å². The number of rotatable bonds is 6. The third-order valence-electron chi connectivity index (χ3n) is 11.9. The minimum absolute atomic E-state index is 0.317. The van der Waals surface area contributed by atoms with E-state index in [1.165, 1.54) is 0 Å². The van der Waals surface area contributed by atoms with E-state index >= 15 is 0 Å². The van der Waals surface area contributed by atoms with Crippen molar-refractivity contribution >= 4 is 71.7 Å². The molecule has 1 aliphatic heterocycles. The van der Waals surface area contributed by atoms with Gasteiger partial charge in [0, 0.05) is 38.9 Å². The Morgan fingerprint density at radius 1 is 0.587 bits per heavy atom. The lowest BCUT2D eigenvalue weighted by molar-refractivity contribution is 0.159. The highest BCUT2D eigenvalue weighted by atomic mass is 32.1. The lowest BCUT2D eigenvalue weighted by Crippen LogP contribution is -2.39. The van der Waals surface area contributed by atoms with Crippen LogP contribution in [0.3, 0.4) is 0 Å². The van der Waals surface area contributed by atoms with E-state index in [4.69, 9.17) is 28.5 Å². The smallest absolute Gasteiger partial charge is 0.344 e. The number of aromatic amines is 1. The van der Waals surface area contributed by atoms with Crippen molar-refractivity contribution in [1.29, 1.82) is 0 Å². The largest absolute Gasteiger partial charge is 0.456 e. The van der Waals surface area contributed by atoms with Gasteiger partial charge < -0.3 is 23.9 Å². The molecule has 2 N–H and O–H groups in total. The molecule has 1 atom stereocenters. The zero-order valence-corrected chi connectivity index (χ0v) is 33.9. The Kier molecular flexibility index (Phi) is 7.64. The molecule has 0 saturated heterocycles. The summed E-state index contributed by atoms with van der Waals surface area (Å²) in [5.74, 6) is 1.55. The Bertz CT molecular complexity index is 3800. The van der Waals surface area contributed by atoms with Crippen LogP contribution in [0.4, 0.5) is 5.69 Å². The van der Waals surface area contributed by atoms with Crippen molar-refractivity contribution in [2.24, 2.45) is 0 Å². The minimum atomic E-state index is -1.38. The van der Waals surface area contributed by atoms with E-state index in [9.17, 15) is 4.79 Å². The highest BCUT2D eigenvalue weighted by Gasteiger charge is 2.50. The normalized spacial score (nSPS) is 14.7. The Morgan fingerprint density at radius 2 is 1.32 bits per heavy atom. The highest BCUT2D eigenvalue weighted by Crippen LogP contribution is 2.61. The molecule has 10 heteroatoms. The lowest BCUT2D eigenvalue weighted by Gasteiger charge is -2.26. The molecule has 0 bridgehead atoms. The van der Waals surface area contributed by atoms with Crippen molar-refractivity contribution < 1.29 is 13.6 Å². The predicted octanol–water partition coefficient (Wildman–Crippen LogP) is 12.9. The van der Waals surface area contributed by atoms with E-state index in [1.54, 1.807) is 23.6 Å². The van der Waals surface area contributed by atoms with Crippen LogP contribution in [0.25, 0.3) is 99.6 Å². The van der Waals surface area contributed by atoms with Gasteiger partial charge in [0.25, 0.3) is 5.72 Å². The maximum atomic E-state index is 14.9. The molecule has 9 nitrogen and oxygen atoms in total. The van der Waals surface area contributed by atoms with Crippen molar-refractivity contribution in [2.75, 3.05) is 5.32 Å². The number of thiophene rings is 1. The second kappa shape index (κ2) is 13.6. The van der Waals surface area contributed by atoms with Gasteiger partial charge in [-0.2, -0.15) is 0 Å². The van der Waals surface area contributed by atoms with Gasteiger partial charge in [0.15, 0.2) is 11.6 Å². The molecule has 0 amide bonds. The van der Waals surface area contributed by atoms with Gasteiger partial charge in [-0.05, 0) is 71.4 Å². The van der Waals surface area contributed by atoms with Gasteiger partial charge in [-0.3, -0.25) is 4.98 Å². The van der Waals surface area contributed by atoms with Crippen LogP contribution in [0.5, 0.6) is 5.75 Å². The summed E-state index contributed by atoms with van der Waals surface area (Å²) in [5.41, 5.74) is 6.23. The number of hydrogen-bond acceptors (Lipinski definition) is 9. The molecular formula is C53H31N5O4S. The summed E-state index contributed by atoms with van der Waals surface area (Å²) < 4.78 is 20.7. The first-order valence-corrected chi connectivity index (χ1v) is 21.4. The summed E-state index contributed by atoms with van der Waals surface area (Å²) >= 11 is 1.55. The molecule has 6 aromatic carbocycles. The van der Waals surface area contributed by atoms with Gasteiger partial charge in [0.2, 0.25) is 0 Å². The summed E-state index contributed by atoms with van der Waals surface area (Å²) in [7, 11) is 0. The molecule has 0 saturated carbocycles. The van der Waals surface area contributed by atoms with Crippen LogP contribution >= 0.6 is 11.3 Å². The molecule has 12 aromatic rings. The van der Waals surface area contributed by atoms with E-state index in [-0.39, 0.29) is 0 Å². The molecule has 6 aromatic heterocycles. The monoisotopic (exact) mass is 833 g/mol. The molecule has 1 aliphatic rings. The average molecular weight is 834 g/mol. The Balaban J connectivity index is 1.26. The first-order valence-electron chi connectivity index (χ1n) is 20.5. The van der Waals surface area contributed by atoms with E-state index in [0.29, 0.717) is 73.4 Å². The molecule has 7 heterocycles. The highest BCUT2D eigenvalue weighted by molar-refractivity contribution is 7.10. The Morgan fingerprint density at radius 3 is 2.13 bits per heavy atom. The minimum Gasteiger partial charge on any atom is -0.456 e. The second-order valence-electron chi connectivity index (χ2n) is 15.6. The number of para-hydroxylation sites is 5. The quantitative estimate of drug-likeness (QED) is 0.159. The van der Waals surface area contributed by atoms with E-state index < -0.39 is 11.4 Å². The van der Waals surface area contributed by atoms with E-state index in [0.717, 1.165) is 48.4 Å². The zero-order chi connectivity index (χ0) is 41.6. The summed E-state index contributed by atoms with van der Waals surface area (Å²) in [4.78, 5) is 35.1. The lowest BCUT2D eigenvalue weighted by atomic mass is 9.84. The van der Waals surface area contributed by atoms with Crippen molar-refractivity contribution in [1.82, 2.24) is 19.9 Å². The van der Waals surface area contributed by atoms with E-state index in [1.807, 2.05) is 145 Å². The average Bonchev–Trinajstić information content (AvgIpc) is 4.17. The third kappa shape index (κ3) is 5.41. The maximum Gasteiger partial charge on any atom is 0.344 e. The summed E-state index contributed by atoms with van der Waals surface area (Å²) in [5, 5.41) is 10.4. The van der Waals surface area contributed by atoms with Gasteiger partial charge in [0.05, 0.1) is 55.2 Å². The summed E-state index contributed by atoms with van der Waals surface area (Å²) in [6.07, 6.45) is 1.81. The number of hydrogen-bond donors (Lipinski definition) is 2. The number of nitrogens with zero attached hydrogens (tertiary/aromatic N) is 3. The zero-order valence-electron chi connectivity index (χ0n) is 33.1. The fourth-order valence-electron chi connectivity index (χ4n) is 9.10. The summed E-state index contributed by atoms with van der Waals surface area (Å²) in [6.45, 7) is 0. The molecule has 0 fully saturated rings. The number of pyridine rings is 2. The SMILES string of the molecule is O=c1oc2ccccc2cc1-c1c(-c2cc3ccccc3o2)c2c(c(-c3ccc4ccccc4n3)c1-c1nccc3ccccc13)OC(c1nc3ccccc3[nH]1)(c1cccs1)N2. The Hall–Kier alpha value is -8.34. The van der Waals surface area contributed by atoms with Gasteiger partial charge in [-0.25, -0.2) is 14.8 Å². The van der Waals surface area contributed by atoms with Gasteiger partial charge in [-0.15, -0.1) is 11.3 Å². The van der Waals surface area contributed by atoms with Crippen molar-refractivity contribution in [3.8, 4) is 50.7 Å². The standard InChI is InChI=1S/C53H31N5O4S/c59-51-35(28-32-14-3-10-21-41(32)61-51)44-46(42-29-33-15-4-9-20-40(33)60-42)49-50(62-53(58-49,43-22-11-27-63-43)52-56-37-18-7-8-19-38(37)57-52)45(39-24-23-31-13-2-6-17-36(31)55-39)47(44)48-34-16-5-1-12-30(34)25-26-54-48/h1-29,58H,(H,56,57). The number of nitrogens with one attached hydrogen (secondary N) is 2. The van der Waals surface area contributed by atoms with Crippen LogP contribution in [0.2, 0.25) is 0 Å². The van der Waals surface area contributed by atoms with Gasteiger partial charge >= 0.3 is 5.63 Å². The van der Waals surface area contributed by atoms with Crippen LogP contribution in [0, 0.1) is 0 Å². The number of imidazole rings is 1. The molecule has 13 rings (SSSR count). The number of ether oxygens (including phenoxy) is 1. The number of benzene rings is 6. The molecule has 298 valence electrons. The third-order valence-corrected chi connectivity index (χ3v) is 12.9. The van der Waals surface area contributed by atoms with Crippen LogP contribution in [-0.2, 0) is 5.72 Å². The van der Waals surface area contributed by atoms with Crippen LogP contribution < -0.4 is 15.7 Å². The van der Waals surface area contributed by atoms with Crippen molar-refractivity contribution in [3.63, 3.8) is 0 Å². The van der Waals surface area contributed by atoms with E-state index in [2.05, 4.69) is 28.5 Å². The number of H-pyrrole nitrogens is 1. The molecule has 0 radical (unpaired) electrons. The number of aromatic nitrogens is 4. The number of fused-ring (bicyclic) bond motifs is 6. The maximum absolute atomic E-state index is 14.9. The Labute approximate surface area is 361 Å². The molecule has 0 aliphatic carbocycles. The van der Waals surface area contributed by atoms with Crippen LogP contribution in [0.1, 0.15) is 10.7 Å². The van der Waals surface area contributed by atoms with Crippen molar-refractivity contribution in [2.45, 2.75) is 5.72 Å².